The van der Waals surface area contributed by atoms with E-state index in [4.69, 9.17) is 0 Å². The highest BCUT2D eigenvalue weighted by Gasteiger charge is 2.17. The zero-order valence-corrected chi connectivity index (χ0v) is 34.0. The topological polar surface area (TPSA) is 65.1 Å². The van der Waals surface area contributed by atoms with Crippen LogP contribution in [-0.2, 0) is 24.3 Å². The highest BCUT2D eigenvalue weighted by molar-refractivity contribution is 5.91. The number of pyridine rings is 2. The molecular formula is C50H55N5O. The second-order valence-corrected chi connectivity index (χ2v) is 15.5. The van der Waals surface area contributed by atoms with Crippen molar-refractivity contribution in [3.63, 3.8) is 0 Å². The number of hydrogen-bond donors (Lipinski definition) is 1. The van der Waals surface area contributed by atoms with Crippen molar-refractivity contribution < 1.29 is 4.79 Å². The van der Waals surface area contributed by atoms with Crippen LogP contribution in [0.25, 0.3) is 44.4 Å². The lowest BCUT2D eigenvalue weighted by atomic mass is 9.98. The van der Waals surface area contributed by atoms with Crippen LogP contribution in [0, 0.1) is 20.8 Å². The first kappa shape index (κ1) is 39.8. The summed E-state index contributed by atoms with van der Waals surface area (Å²) in [5, 5.41) is 1.32. The van der Waals surface area contributed by atoms with E-state index in [2.05, 4.69) is 138 Å². The molecule has 6 heteroatoms. The van der Waals surface area contributed by atoms with Crippen molar-refractivity contribution in [2.45, 2.75) is 80.1 Å². The standard InChI is InChI=1S/C43H40N4.C7H15NO/c1-30-8-17-42-41(25-30)40(43(46-42)39-23-31(2)22-32(3)24-39)18-21-47(28-33-9-13-35(14-10-33)37-6-4-19-44-26-37)29-34-11-15-36(16-12-34)38-7-5-20-45-27-38;1-6(2)8(5-9)7(3)4/h4-17,19-20,22-27,46H,18,21,28-29H2,1-3H3;5-7H,1-4H3. The van der Waals surface area contributed by atoms with E-state index in [0.29, 0.717) is 12.1 Å². The molecule has 0 atom stereocenters. The van der Waals surface area contributed by atoms with Crippen LogP contribution < -0.4 is 0 Å². The fraction of sp³-hybridized carbons (Fsp3) is 0.260. The number of amides is 1. The Morgan fingerprint density at radius 2 is 1.14 bits per heavy atom. The number of hydrogen-bond acceptors (Lipinski definition) is 4. The minimum Gasteiger partial charge on any atom is -0.354 e. The van der Waals surface area contributed by atoms with Gasteiger partial charge in [-0.2, -0.15) is 0 Å². The molecule has 1 amide bonds. The Labute approximate surface area is 333 Å². The predicted octanol–water partition coefficient (Wildman–Crippen LogP) is 11.4. The number of nitrogens with zero attached hydrogens (tertiary/aromatic N) is 4. The number of benzene rings is 4. The summed E-state index contributed by atoms with van der Waals surface area (Å²) in [6.45, 7) is 17.2. The average molecular weight is 742 g/mol. The van der Waals surface area contributed by atoms with E-state index in [-0.39, 0.29) is 0 Å². The van der Waals surface area contributed by atoms with Crippen molar-refractivity contribution in [2.24, 2.45) is 0 Å². The van der Waals surface area contributed by atoms with Crippen LogP contribution in [0.4, 0.5) is 0 Å². The number of aromatic nitrogens is 3. The highest BCUT2D eigenvalue weighted by Crippen LogP contribution is 2.33. The Bertz CT molecular complexity index is 2200. The van der Waals surface area contributed by atoms with Crippen molar-refractivity contribution in [2.75, 3.05) is 6.54 Å². The third-order valence-corrected chi connectivity index (χ3v) is 10.3. The lowest BCUT2D eigenvalue weighted by Crippen LogP contribution is -2.35. The maximum absolute atomic E-state index is 10.3. The van der Waals surface area contributed by atoms with E-state index in [0.717, 1.165) is 43.6 Å². The summed E-state index contributed by atoms with van der Waals surface area (Å²) >= 11 is 0. The van der Waals surface area contributed by atoms with Crippen LogP contribution >= 0.6 is 0 Å². The van der Waals surface area contributed by atoms with Gasteiger partial charge in [0.05, 0.1) is 0 Å². The summed E-state index contributed by atoms with van der Waals surface area (Å²) in [6.07, 6.45) is 9.32. The molecule has 0 fully saturated rings. The van der Waals surface area contributed by atoms with Gasteiger partial charge in [-0.05, 0) is 136 Å². The SMILES string of the molecule is CC(C)N(C=O)C(C)C.Cc1cc(C)cc(-c2[nH]c3ccc(C)cc3c2CCN(Cc2ccc(-c3cccnc3)cc2)Cc2ccc(-c3cccnc3)cc2)c1. The Hall–Kier alpha value is -5.85. The highest BCUT2D eigenvalue weighted by atomic mass is 16.1. The van der Waals surface area contributed by atoms with E-state index in [9.17, 15) is 4.79 Å². The molecule has 0 spiro atoms. The van der Waals surface area contributed by atoms with E-state index >= 15 is 0 Å². The number of H-pyrrole nitrogens is 1. The molecule has 3 heterocycles. The minimum atomic E-state index is 0.322. The summed E-state index contributed by atoms with van der Waals surface area (Å²) in [5.41, 5.74) is 16.2. The molecule has 7 aromatic rings. The first-order valence-corrected chi connectivity index (χ1v) is 19.7. The van der Waals surface area contributed by atoms with Crippen LogP contribution in [-0.4, -0.2) is 49.8 Å². The first-order chi connectivity index (χ1) is 27.1. The van der Waals surface area contributed by atoms with Gasteiger partial charge in [-0.15, -0.1) is 0 Å². The molecule has 0 unspecified atom stereocenters. The van der Waals surface area contributed by atoms with Gasteiger partial charge in [0.15, 0.2) is 0 Å². The second-order valence-electron chi connectivity index (χ2n) is 15.5. The molecule has 6 nitrogen and oxygen atoms in total. The summed E-state index contributed by atoms with van der Waals surface area (Å²) in [5.74, 6) is 0. The van der Waals surface area contributed by atoms with E-state index in [1.807, 2.05) is 64.6 Å². The van der Waals surface area contributed by atoms with Gasteiger partial charge in [-0.1, -0.05) is 89.5 Å². The fourth-order valence-corrected chi connectivity index (χ4v) is 7.50. The number of aryl methyl sites for hydroxylation is 3. The minimum absolute atomic E-state index is 0.322. The van der Waals surface area contributed by atoms with Gasteiger partial charge in [0.1, 0.15) is 0 Å². The molecule has 7 rings (SSSR count). The predicted molar refractivity (Wildman–Crippen MR) is 233 cm³/mol. The van der Waals surface area contributed by atoms with Gasteiger partial charge in [0, 0.05) is 73.1 Å². The first-order valence-electron chi connectivity index (χ1n) is 19.7. The Morgan fingerprint density at radius 1 is 0.607 bits per heavy atom. The van der Waals surface area contributed by atoms with E-state index in [1.54, 1.807) is 4.90 Å². The number of carbonyl (C=O) groups excluding carboxylic acids is 1. The number of fused-ring (bicyclic) bond motifs is 1. The van der Waals surface area contributed by atoms with Crippen LogP contribution in [0.2, 0.25) is 0 Å². The number of rotatable bonds is 13. The van der Waals surface area contributed by atoms with Gasteiger partial charge in [-0.3, -0.25) is 19.7 Å². The molecule has 0 aliphatic heterocycles. The van der Waals surface area contributed by atoms with Crippen LogP contribution in [0.3, 0.4) is 0 Å². The average Bonchev–Trinajstić information content (AvgIpc) is 3.55. The van der Waals surface area contributed by atoms with Crippen molar-refractivity contribution in [3.8, 4) is 33.5 Å². The van der Waals surface area contributed by atoms with Gasteiger partial charge in [-0.25, -0.2) is 0 Å². The molecule has 286 valence electrons. The molecule has 3 aromatic heterocycles. The molecule has 1 N–H and O–H groups in total. The zero-order valence-electron chi connectivity index (χ0n) is 34.0. The van der Waals surface area contributed by atoms with Crippen molar-refractivity contribution in [1.82, 2.24) is 24.8 Å². The second kappa shape index (κ2) is 18.7. The fourth-order valence-electron chi connectivity index (χ4n) is 7.50. The third kappa shape index (κ3) is 10.3. The summed E-state index contributed by atoms with van der Waals surface area (Å²) in [7, 11) is 0. The molecule has 0 aliphatic rings. The van der Waals surface area contributed by atoms with Gasteiger partial charge in [0.25, 0.3) is 0 Å². The Balaban J connectivity index is 0.000000528. The smallest absolute Gasteiger partial charge is 0.210 e. The molecule has 56 heavy (non-hydrogen) atoms. The van der Waals surface area contributed by atoms with Gasteiger partial charge >= 0.3 is 0 Å². The van der Waals surface area contributed by atoms with Crippen LogP contribution in [0.1, 0.15) is 61.1 Å². The molecule has 0 aliphatic carbocycles. The van der Waals surface area contributed by atoms with Crippen molar-refractivity contribution >= 4 is 17.3 Å². The number of carbonyl (C=O) groups is 1. The lowest BCUT2D eigenvalue weighted by molar-refractivity contribution is -0.121. The lowest BCUT2D eigenvalue weighted by Gasteiger charge is -2.25. The summed E-state index contributed by atoms with van der Waals surface area (Å²) in [4.78, 5) is 27.1. The van der Waals surface area contributed by atoms with E-state index in [1.165, 1.54) is 66.7 Å². The van der Waals surface area contributed by atoms with Crippen molar-refractivity contribution in [3.05, 3.63) is 167 Å². The maximum Gasteiger partial charge on any atom is 0.210 e. The van der Waals surface area contributed by atoms with Crippen molar-refractivity contribution in [1.29, 1.82) is 0 Å². The monoisotopic (exact) mass is 741 g/mol. The van der Waals surface area contributed by atoms with Crippen LogP contribution in [0.5, 0.6) is 0 Å². The third-order valence-electron chi connectivity index (χ3n) is 10.3. The number of aromatic amines is 1. The van der Waals surface area contributed by atoms with Gasteiger partial charge in [0.2, 0.25) is 6.41 Å². The Morgan fingerprint density at radius 3 is 1.59 bits per heavy atom. The molecular weight excluding hydrogens is 687 g/mol. The normalized spacial score (nSPS) is 11.2. The zero-order chi connectivity index (χ0) is 39.6. The van der Waals surface area contributed by atoms with Gasteiger partial charge < -0.3 is 9.88 Å². The molecule has 0 radical (unpaired) electrons. The molecule has 0 bridgehead atoms. The number of nitrogens with one attached hydrogen (secondary N) is 1. The maximum atomic E-state index is 10.3. The quantitative estimate of drug-likeness (QED) is 0.120. The van der Waals surface area contributed by atoms with Crippen LogP contribution in [0.15, 0.2) is 134 Å². The largest absolute Gasteiger partial charge is 0.354 e. The summed E-state index contributed by atoms with van der Waals surface area (Å²) < 4.78 is 0. The van der Waals surface area contributed by atoms with E-state index < -0.39 is 0 Å². The molecule has 4 aromatic carbocycles. The summed E-state index contributed by atoms with van der Waals surface area (Å²) in [6, 6.07) is 40.4. The molecule has 0 saturated carbocycles. The molecule has 0 saturated heterocycles. The Kier molecular flexibility index (Phi) is 13.3.